The van der Waals surface area contributed by atoms with Gasteiger partial charge in [-0.25, -0.2) is 26.1 Å². The Morgan fingerprint density at radius 3 is 2.63 bits per heavy atom. The number of sulfonamides is 2. The largest absolute Gasteiger partial charge is 0.345 e. The summed E-state index contributed by atoms with van der Waals surface area (Å²) in [6, 6.07) is 5.87. The number of terminal acetylenes is 1. The van der Waals surface area contributed by atoms with E-state index in [0.29, 0.717) is 41.1 Å². The first-order valence-electron chi connectivity index (χ1n) is 13.6. The average Bonchev–Trinajstić information content (AvgIpc) is 3.71. The summed E-state index contributed by atoms with van der Waals surface area (Å²) in [6.07, 6.45) is 7.82. The third-order valence-corrected chi connectivity index (χ3v) is 12.9. The molecule has 11 nitrogen and oxygen atoms in total. The Labute approximate surface area is 244 Å². The van der Waals surface area contributed by atoms with Crippen LogP contribution in [0, 0.1) is 12.3 Å². The molecule has 2 saturated heterocycles. The number of piperazine rings is 1. The Kier molecular flexibility index (Phi) is 7.46. The van der Waals surface area contributed by atoms with E-state index in [4.69, 9.17) is 6.42 Å². The predicted molar refractivity (Wildman–Crippen MR) is 157 cm³/mol. The van der Waals surface area contributed by atoms with Crippen molar-refractivity contribution < 1.29 is 21.6 Å². The normalized spacial score (nSPS) is 21.3. The molecule has 5 heterocycles. The summed E-state index contributed by atoms with van der Waals surface area (Å²) < 4.78 is 57.0. The van der Waals surface area contributed by atoms with Crippen molar-refractivity contribution in [1.82, 2.24) is 28.4 Å². The van der Waals surface area contributed by atoms with Gasteiger partial charge in [0.1, 0.15) is 5.03 Å². The molecule has 2 fully saturated rings. The van der Waals surface area contributed by atoms with Gasteiger partial charge >= 0.3 is 0 Å². The Morgan fingerprint density at radius 2 is 1.88 bits per heavy atom. The first-order chi connectivity index (χ1) is 19.5. The minimum atomic E-state index is -4.01. The second-order valence-corrected chi connectivity index (χ2v) is 15.9. The van der Waals surface area contributed by atoms with Crippen LogP contribution in [0.25, 0.3) is 10.9 Å². The minimum absolute atomic E-state index is 0.000633. The van der Waals surface area contributed by atoms with E-state index in [9.17, 15) is 21.6 Å². The lowest BCUT2D eigenvalue weighted by molar-refractivity contribution is 0.0593. The number of thiazole rings is 1. The van der Waals surface area contributed by atoms with Crippen molar-refractivity contribution in [2.24, 2.45) is 0 Å². The number of aromatic nitrogens is 2. The second kappa shape index (κ2) is 10.8. The molecule has 3 aliphatic rings. The molecule has 1 N–H and O–H groups in total. The van der Waals surface area contributed by atoms with Crippen LogP contribution in [0.15, 0.2) is 29.3 Å². The highest BCUT2D eigenvalue weighted by Gasteiger charge is 2.41. The quantitative estimate of drug-likeness (QED) is 0.417. The van der Waals surface area contributed by atoms with Gasteiger partial charge in [-0.05, 0) is 44.2 Å². The number of fused-ring (bicyclic) bond motifs is 2. The van der Waals surface area contributed by atoms with Gasteiger partial charge in [0.15, 0.2) is 5.01 Å². The number of likely N-dealkylation sites (N-methyl/N-ethyl adjacent to an activating group) is 1. The fraction of sp³-hybridized carbons (Fsp3) is 0.481. The lowest BCUT2D eigenvalue weighted by atomic mass is 10.2. The predicted octanol–water partition coefficient (Wildman–Crippen LogP) is 1.53. The van der Waals surface area contributed by atoms with Crippen molar-refractivity contribution in [2.45, 2.75) is 36.9 Å². The number of H-pyrrole nitrogens is 1. The van der Waals surface area contributed by atoms with E-state index in [1.165, 1.54) is 30.9 Å². The van der Waals surface area contributed by atoms with Gasteiger partial charge in [0.25, 0.3) is 15.9 Å². The number of nitrogens with zero attached hydrogens (tertiary/aromatic N) is 5. The van der Waals surface area contributed by atoms with E-state index in [-0.39, 0.29) is 36.3 Å². The average molecular weight is 617 g/mol. The van der Waals surface area contributed by atoms with Crippen LogP contribution in [-0.4, -0.2) is 109 Å². The maximum Gasteiger partial charge on any atom is 0.283 e. The van der Waals surface area contributed by atoms with Crippen LogP contribution < -0.4 is 0 Å². The number of carbonyl (C=O) groups is 1. The van der Waals surface area contributed by atoms with E-state index in [2.05, 4.69) is 20.8 Å². The molecule has 1 amide bonds. The molecule has 14 heteroatoms. The lowest BCUT2D eigenvalue weighted by Gasteiger charge is -2.40. The van der Waals surface area contributed by atoms with Gasteiger partial charge < -0.3 is 14.8 Å². The molecule has 1 aromatic carbocycles. The Bertz CT molecular complexity index is 1750. The maximum absolute atomic E-state index is 13.8. The van der Waals surface area contributed by atoms with Crippen molar-refractivity contribution in [3.63, 3.8) is 0 Å². The van der Waals surface area contributed by atoms with Gasteiger partial charge in [-0.2, -0.15) is 4.31 Å². The highest BCUT2D eigenvalue weighted by Crippen LogP contribution is 2.29. The number of aromatic amines is 1. The van der Waals surface area contributed by atoms with Crippen LogP contribution in [0.3, 0.4) is 0 Å². The topological polar surface area (TPSA) is 127 Å². The van der Waals surface area contributed by atoms with E-state index in [0.717, 1.165) is 36.4 Å². The molecule has 3 aliphatic heterocycles. The van der Waals surface area contributed by atoms with Crippen LogP contribution in [0.1, 0.15) is 38.8 Å². The zero-order chi connectivity index (χ0) is 28.9. The fourth-order valence-electron chi connectivity index (χ4n) is 5.78. The van der Waals surface area contributed by atoms with Gasteiger partial charge in [0, 0.05) is 73.6 Å². The van der Waals surface area contributed by atoms with Crippen LogP contribution in [0.5, 0.6) is 0 Å². The molecule has 1 atom stereocenters. The standard InChI is InChI=1S/C27H32N6O5S3/c1-3-19-6-7-22-20(14-19)15-25(28-22)41(37,38)32-12-13-33(21(16-32)18-40(35,36)31-9-4-5-10-31)27(34)26-29-23-8-11-30(2)17-24(23)39-26/h1,6-7,14-15,21,28H,4-5,8-13,16-18H2,2H3. The molecule has 218 valence electrons. The number of amides is 1. The molecular formula is C27H32N6O5S3. The lowest BCUT2D eigenvalue weighted by Crippen LogP contribution is -2.59. The number of hydrogen-bond acceptors (Lipinski definition) is 8. The first kappa shape index (κ1) is 28.3. The van der Waals surface area contributed by atoms with E-state index in [1.54, 1.807) is 18.2 Å². The van der Waals surface area contributed by atoms with Gasteiger partial charge in [0.2, 0.25) is 10.0 Å². The number of hydrogen-bond donors (Lipinski definition) is 1. The van der Waals surface area contributed by atoms with Crippen LogP contribution >= 0.6 is 11.3 Å². The molecule has 0 saturated carbocycles. The van der Waals surface area contributed by atoms with Gasteiger partial charge in [-0.1, -0.05) is 5.92 Å². The number of carbonyl (C=O) groups excluding carboxylic acids is 1. The molecule has 1 unspecified atom stereocenters. The van der Waals surface area contributed by atoms with Crippen molar-refractivity contribution in [3.05, 3.63) is 45.4 Å². The summed E-state index contributed by atoms with van der Waals surface area (Å²) in [5, 5.41) is 0.990. The number of benzene rings is 1. The van der Waals surface area contributed by atoms with Crippen molar-refractivity contribution in [1.29, 1.82) is 0 Å². The van der Waals surface area contributed by atoms with Gasteiger partial charge in [-0.15, -0.1) is 17.8 Å². The van der Waals surface area contributed by atoms with Crippen LogP contribution in [-0.2, 0) is 33.0 Å². The highest BCUT2D eigenvalue weighted by molar-refractivity contribution is 7.89. The molecular weight excluding hydrogens is 585 g/mol. The SMILES string of the molecule is C#Cc1ccc2[nH]c(S(=O)(=O)N3CCN(C(=O)c4nc5c(s4)CN(C)CC5)C(CS(=O)(=O)N4CCCC4)C3)cc2c1. The summed E-state index contributed by atoms with van der Waals surface area (Å²) in [6.45, 7) is 2.40. The molecule has 41 heavy (non-hydrogen) atoms. The molecule has 6 rings (SSSR count). The molecule has 2 aromatic heterocycles. The summed E-state index contributed by atoms with van der Waals surface area (Å²) in [5.74, 6) is 1.85. The Hall–Kier alpha value is -2.80. The van der Waals surface area contributed by atoms with Crippen molar-refractivity contribution in [2.75, 3.05) is 52.1 Å². The molecule has 0 spiro atoms. The van der Waals surface area contributed by atoms with E-state index < -0.39 is 26.1 Å². The third kappa shape index (κ3) is 5.42. The monoisotopic (exact) mass is 616 g/mol. The highest BCUT2D eigenvalue weighted by atomic mass is 32.2. The van der Waals surface area contributed by atoms with E-state index in [1.807, 2.05) is 7.05 Å². The second-order valence-electron chi connectivity index (χ2n) is 10.9. The van der Waals surface area contributed by atoms with Crippen molar-refractivity contribution >= 4 is 48.2 Å². The molecule has 0 radical (unpaired) electrons. The number of nitrogens with one attached hydrogen (secondary N) is 1. The Balaban J connectivity index is 1.30. The smallest absolute Gasteiger partial charge is 0.283 e. The van der Waals surface area contributed by atoms with Crippen LogP contribution in [0.2, 0.25) is 0 Å². The number of rotatable bonds is 6. The van der Waals surface area contributed by atoms with E-state index >= 15 is 0 Å². The molecule has 0 bridgehead atoms. The summed E-state index contributed by atoms with van der Waals surface area (Å²) in [7, 11) is -5.71. The molecule has 0 aliphatic carbocycles. The maximum atomic E-state index is 13.8. The Morgan fingerprint density at radius 1 is 1.10 bits per heavy atom. The third-order valence-electron chi connectivity index (χ3n) is 8.05. The van der Waals surface area contributed by atoms with Crippen LogP contribution in [0.4, 0.5) is 0 Å². The zero-order valence-corrected chi connectivity index (χ0v) is 25.2. The zero-order valence-electron chi connectivity index (χ0n) is 22.7. The van der Waals surface area contributed by atoms with Gasteiger partial charge in [0.05, 0.1) is 17.5 Å². The minimum Gasteiger partial charge on any atom is -0.345 e. The summed E-state index contributed by atoms with van der Waals surface area (Å²) in [5.41, 5.74) is 2.17. The van der Waals surface area contributed by atoms with Crippen molar-refractivity contribution in [3.8, 4) is 12.3 Å². The van der Waals surface area contributed by atoms with Gasteiger partial charge in [-0.3, -0.25) is 4.79 Å². The fourth-order valence-corrected chi connectivity index (χ4v) is 10.2. The summed E-state index contributed by atoms with van der Waals surface area (Å²) >= 11 is 1.34. The molecule has 3 aromatic rings. The first-order valence-corrected chi connectivity index (χ1v) is 17.5. The summed E-state index contributed by atoms with van der Waals surface area (Å²) in [4.78, 5) is 26.1.